The third-order valence-corrected chi connectivity index (χ3v) is 4.50. The zero-order valence-electron chi connectivity index (χ0n) is 12.6. The second-order valence-corrected chi connectivity index (χ2v) is 6.04. The Kier molecular flexibility index (Phi) is 4.36. The highest BCUT2D eigenvalue weighted by Crippen LogP contribution is 2.38. The number of ether oxygens (including phenoxy) is 1. The zero-order chi connectivity index (χ0) is 17.3. The lowest BCUT2D eigenvalue weighted by atomic mass is 9.98. The molecule has 24 heavy (non-hydrogen) atoms. The summed E-state index contributed by atoms with van der Waals surface area (Å²) in [7, 11) is 0. The molecular weight excluding hydrogens is 375 g/mol. The fourth-order valence-corrected chi connectivity index (χ4v) is 3.36. The molecule has 0 radical (unpaired) electrons. The summed E-state index contributed by atoms with van der Waals surface area (Å²) in [6.45, 7) is 1.27. The molecule has 0 bridgehead atoms. The molecule has 1 atom stereocenters. The monoisotopic (exact) mass is 386 g/mol. The van der Waals surface area contributed by atoms with E-state index in [2.05, 4.69) is 20.9 Å². The Labute approximate surface area is 146 Å². The number of esters is 1. The van der Waals surface area contributed by atoms with E-state index < -0.39 is 17.9 Å². The number of carbonyl (C=O) groups is 1. The van der Waals surface area contributed by atoms with E-state index in [0.717, 1.165) is 5.39 Å². The molecule has 4 nitrogen and oxygen atoms in total. The summed E-state index contributed by atoms with van der Waals surface area (Å²) in [6, 6.07) is 11.8. The first-order chi connectivity index (χ1) is 11.5. The number of hydrogen-bond acceptors (Lipinski definition) is 3. The quantitative estimate of drug-likeness (QED) is 0.669. The van der Waals surface area contributed by atoms with Gasteiger partial charge in [-0.25, -0.2) is 4.39 Å². The lowest BCUT2D eigenvalue weighted by Gasteiger charge is -2.20. The first-order valence-electron chi connectivity index (χ1n) is 7.13. The number of H-pyrrole nitrogens is 1. The van der Waals surface area contributed by atoms with Crippen LogP contribution in [0.25, 0.3) is 10.9 Å². The average Bonchev–Trinajstić information content (AvgIpc) is 3.02. The summed E-state index contributed by atoms with van der Waals surface area (Å²) < 4.78 is 20.6. The minimum atomic E-state index is -0.954. The van der Waals surface area contributed by atoms with Gasteiger partial charge in [0.25, 0.3) is 0 Å². The summed E-state index contributed by atoms with van der Waals surface area (Å²) in [5.41, 5.74) is 1.78. The lowest BCUT2D eigenvalue weighted by Crippen LogP contribution is -2.13. The van der Waals surface area contributed by atoms with E-state index in [4.69, 9.17) is 10.00 Å². The molecule has 0 saturated heterocycles. The largest absolute Gasteiger partial charge is 0.453 e. The number of carbonyl (C=O) groups excluding carboxylic acids is 1. The standard InChI is InChI=1S/C18H12BrFN2O2/c1-10(23)24-18(12-4-2-3-11(7-12)9-21)16-14(20)8-15-13(17(16)19)5-6-22-15/h2-8,18,22H,1H3. The number of aromatic amines is 1. The highest BCUT2D eigenvalue weighted by Gasteiger charge is 2.26. The second-order valence-electron chi connectivity index (χ2n) is 5.25. The highest BCUT2D eigenvalue weighted by molar-refractivity contribution is 9.10. The van der Waals surface area contributed by atoms with E-state index in [0.29, 0.717) is 21.1 Å². The third kappa shape index (κ3) is 2.91. The molecule has 120 valence electrons. The number of halogens is 2. The van der Waals surface area contributed by atoms with Gasteiger partial charge in [0, 0.05) is 34.1 Å². The van der Waals surface area contributed by atoms with Crippen molar-refractivity contribution in [1.29, 1.82) is 5.26 Å². The number of nitrogens with one attached hydrogen (secondary N) is 1. The van der Waals surface area contributed by atoms with Gasteiger partial charge in [-0.3, -0.25) is 4.79 Å². The molecule has 0 fully saturated rings. The Morgan fingerprint density at radius 3 is 2.88 bits per heavy atom. The first kappa shape index (κ1) is 16.2. The van der Waals surface area contributed by atoms with Gasteiger partial charge in [0.15, 0.2) is 6.10 Å². The van der Waals surface area contributed by atoms with Crippen molar-refractivity contribution in [1.82, 2.24) is 4.98 Å². The number of fused-ring (bicyclic) bond motifs is 1. The van der Waals surface area contributed by atoms with Crippen LogP contribution in [0, 0.1) is 17.1 Å². The Balaban J connectivity index is 2.23. The molecule has 0 aliphatic heterocycles. The Bertz CT molecular complexity index is 975. The molecule has 2 aromatic carbocycles. The Morgan fingerprint density at radius 1 is 1.38 bits per heavy atom. The van der Waals surface area contributed by atoms with Crippen molar-refractivity contribution in [2.45, 2.75) is 13.0 Å². The van der Waals surface area contributed by atoms with Gasteiger partial charge in [-0.2, -0.15) is 5.26 Å². The van der Waals surface area contributed by atoms with Crippen LogP contribution >= 0.6 is 15.9 Å². The van der Waals surface area contributed by atoms with Gasteiger partial charge in [-0.05, 0) is 45.8 Å². The molecule has 1 N–H and O–H groups in total. The van der Waals surface area contributed by atoms with Crippen LogP contribution in [0.1, 0.15) is 29.7 Å². The number of hydrogen-bond donors (Lipinski definition) is 1. The van der Waals surface area contributed by atoms with Crippen LogP contribution in [0.4, 0.5) is 4.39 Å². The summed E-state index contributed by atoms with van der Waals surface area (Å²) in [5, 5.41) is 9.85. The van der Waals surface area contributed by atoms with Gasteiger partial charge in [0.1, 0.15) is 5.82 Å². The summed E-state index contributed by atoms with van der Waals surface area (Å²) in [5.74, 6) is -1.05. The van der Waals surface area contributed by atoms with Crippen LogP contribution in [0.3, 0.4) is 0 Å². The van der Waals surface area contributed by atoms with E-state index in [1.807, 2.05) is 6.07 Å². The minimum absolute atomic E-state index is 0.215. The fraction of sp³-hybridized carbons (Fsp3) is 0.111. The number of benzene rings is 2. The molecular formula is C18H12BrFN2O2. The first-order valence-corrected chi connectivity index (χ1v) is 7.93. The van der Waals surface area contributed by atoms with E-state index in [1.54, 1.807) is 36.5 Å². The van der Waals surface area contributed by atoms with Crippen LogP contribution in [-0.2, 0) is 9.53 Å². The summed E-state index contributed by atoms with van der Waals surface area (Å²) >= 11 is 3.42. The summed E-state index contributed by atoms with van der Waals surface area (Å²) in [4.78, 5) is 14.5. The molecule has 3 aromatic rings. The Hall–Kier alpha value is -2.65. The number of nitrogens with zero attached hydrogens (tertiary/aromatic N) is 1. The maximum absolute atomic E-state index is 14.7. The number of rotatable bonds is 3. The zero-order valence-corrected chi connectivity index (χ0v) is 14.2. The van der Waals surface area contributed by atoms with Crippen molar-refractivity contribution in [3.8, 4) is 6.07 Å². The molecule has 0 aliphatic carbocycles. The number of nitriles is 1. The van der Waals surface area contributed by atoms with Crippen LogP contribution in [0.5, 0.6) is 0 Å². The molecule has 0 saturated carbocycles. The predicted octanol–water partition coefficient (Wildman–Crippen LogP) is 4.59. The van der Waals surface area contributed by atoms with Gasteiger partial charge in [0.05, 0.1) is 11.6 Å². The van der Waals surface area contributed by atoms with Gasteiger partial charge in [-0.15, -0.1) is 0 Å². The predicted molar refractivity (Wildman–Crippen MR) is 90.7 cm³/mol. The normalized spacial score (nSPS) is 11.9. The van der Waals surface area contributed by atoms with Gasteiger partial charge in [-0.1, -0.05) is 12.1 Å². The molecule has 1 aromatic heterocycles. The number of aromatic nitrogens is 1. The molecule has 3 rings (SSSR count). The molecule has 6 heteroatoms. The maximum atomic E-state index is 14.7. The van der Waals surface area contributed by atoms with E-state index >= 15 is 0 Å². The van der Waals surface area contributed by atoms with Crippen LogP contribution < -0.4 is 0 Å². The third-order valence-electron chi connectivity index (χ3n) is 3.64. The van der Waals surface area contributed by atoms with E-state index in [1.165, 1.54) is 13.0 Å². The van der Waals surface area contributed by atoms with Crippen LogP contribution in [0.2, 0.25) is 0 Å². The van der Waals surface area contributed by atoms with Gasteiger partial charge >= 0.3 is 5.97 Å². The van der Waals surface area contributed by atoms with Crippen molar-refractivity contribution in [2.24, 2.45) is 0 Å². The van der Waals surface area contributed by atoms with Gasteiger partial charge < -0.3 is 9.72 Å². The smallest absolute Gasteiger partial charge is 0.303 e. The van der Waals surface area contributed by atoms with Crippen molar-refractivity contribution in [3.05, 3.63) is 69.6 Å². The van der Waals surface area contributed by atoms with Crippen molar-refractivity contribution < 1.29 is 13.9 Å². The summed E-state index contributed by atoms with van der Waals surface area (Å²) in [6.07, 6.45) is 0.750. The molecule has 0 amide bonds. The Morgan fingerprint density at radius 2 is 2.17 bits per heavy atom. The highest BCUT2D eigenvalue weighted by atomic mass is 79.9. The fourth-order valence-electron chi connectivity index (χ4n) is 2.62. The topological polar surface area (TPSA) is 65.9 Å². The maximum Gasteiger partial charge on any atom is 0.303 e. The SMILES string of the molecule is CC(=O)OC(c1cccc(C#N)c1)c1c(F)cc2[nH]ccc2c1Br. The molecule has 0 spiro atoms. The molecule has 1 heterocycles. The average molecular weight is 387 g/mol. The van der Waals surface area contributed by atoms with Crippen molar-refractivity contribution >= 4 is 32.8 Å². The van der Waals surface area contributed by atoms with Crippen LogP contribution in [0.15, 0.2) is 47.1 Å². The minimum Gasteiger partial charge on any atom is -0.453 e. The van der Waals surface area contributed by atoms with Crippen molar-refractivity contribution in [2.75, 3.05) is 0 Å². The van der Waals surface area contributed by atoms with E-state index in [9.17, 15) is 9.18 Å². The molecule has 1 unspecified atom stereocenters. The molecule has 0 aliphatic rings. The second kappa shape index (κ2) is 6.46. The lowest BCUT2D eigenvalue weighted by molar-refractivity contribution is -0.144. The van der Waals surface area contributed by atoms with E-state index in [-0.39, 0.29) is 5.56 Å². The van der Waals surface area contributed by atoms with Crippen molar-refractivity contribution in [3.63, 3.8) is 0 Å². The van der Waals surface area contributed by atoms with Crippen LogP contribution in [-0.4, -0.2) is 11.0 Å². The van der Waals surface area contributed by atoms with Gasteiger partial charge in [0.2, 0.25) is 0 Å².